The minimum absolute atomic E-state index is 0.00968. The Labute approximate surface area is 118 Å². The number of carboxylic acids is 1. The van der Waals surface area contributed by atoms with Crippen LogP contribution in [0.25, 0.3) is 0 Å². The molecule has 1 heterocycles. The zero-order chi connectivity index (χ0) is 14.7. The minimum atomic E-state index is -0.810. The first-order valence-corrected chi connectivity index (χ1v) is 7.18. The summed E-state index contributed by atoms with van der Waals surface area (Å²) in [7, 11) is 0. The van der Waals surface area contributed by atoms with Gasteiger partial charge < -0.3 is 10.1 Å². The van der Waals surface area contributed by atoms with Crippen molar-refractivity contribution < 1.29 is 9.90 Å². The lowest BCUT2D eigenvalue weighted by molar-refractivity contribution is -0.140. The van der Waals surface area contributed by atoms with Crippen molar-refractivity contribution >= 4 is 5.97 Å². The molecule has 0 aliphatic heterocycles. The quantitative estimate of drug-likeness (QED) is 0.767. The Kier molecular flexibility index (Phi) is 4.60. The van der Waals surface area contributed by atoms with E-state index in [1.54, 1.807) is 0 Å². The molecule has 5 heteroatoms. The van der Waals surface area contributed by atoms with Crippen LogP contribution in [0.1, 0.15) is 50.4 Å². The van der Waals surface area contributed by atoms with Crippen LogP contribution in [0.15, 0.2) is 16.9 Å². The number of nitrogens with one attached hydrogen (secondary N) is 2. The van der Waals surface area contributed by atoms with Crippen molar-refractivity contribution in [2.75, 3.05) is 0 Å². The number of pyridine rings is 1. The molecule has 0 spiro atoms. The Morgan fingerprint density at radius 1 is 1.50 bits per heavy atom. The molecule has 2 rings (SSSR count). The summed E-state index contributed by atoms with van der Waals surface area (Å²) in [6.45, 7) is 4.04. The third-order valence-electron chi connectivity index (χ3n) is 3.74. The molecule has 0 amide bonds. The zero-order valence-corrected chi connectivity index (χ0v) is 12.0. The summed E-state index contributed by atoms with van der Waals surface area (Å²) < 4.78 is 0. The molecule has 0 radical (unpaired) electrons. The molecule has 1 aromatic rings. The molecule has 0 saturated heterocycles. The van der Waals surface area contributed by atoms with E-state index >= 15 is 0 Å². The van der Waals surface area contributed by atoms with Crippen molar-refractivity contribution in [3.05, 3.63) is 33.7 Å². The van der Waals surface area contributed by atoms with E-state index in [0.29, 0.717) is 12.3 Å². The first kappa shape index (κ1) is 14.8. The molecule has 110 valence electrons. The molecule has 0 saturated carbocycles. The van der Waals surface area contributed by atoms with Crippen molar-refractivity contribution in [2.24, 2.45) is 5.92 Å². The molecule has 5 nitrogen and oxygen atoms in total. The van der Waals surface area contributed by atoms with E-state index in [-0.39, 0.29) is 11.6 Å². The number of aromatic amines is 1. The number of H-pyrrole nitrogens is 1. The maximum absolute atomic E-state index is 11.4. The Balaban J connectivity index is 2.18. The average Bonchev–Trinajstić information content (AvgIpc) is 2.37. The lowest BCUT2D eigenvalue weighted by atomic mass is 9.90. The van der Waals surface area contributed by atoms with E-state index in [1.807, 2.05) is 19.9 Å². The molecule has 0 fully saturated rings. The molecule has 0 bridgehead atoms. The van der Waals surface area contributed by atoms with Crippen LogP contribution in [0, 0.1) is 5.92 Å². The fourth-order valence-electron chi connectivity index (χ4n) is 2.83. The number of carboxylic acid groups (broad SMARTS) is 1. The summed E-state index contributed by atoms with van der Waals surface area (Å²) in [5, 5.41) is 12.6. The highest BCUT2D eigenvalue weighted by molar-refractivity contribution is 5.73. The number of aliphatic carboxylic acids is 1. The van der Waals surface area contributed by atoms with E-state index in [0.717, 1.165) is 30.5 Å². The molecule has 3 N–H and O–H groups in total. The Morgan fingerprint density at radius 2 is 2.25 bits per heavy atom. The smallest absolute Gasteiger partial charge is 0.320 e. The van der Waals surface area contributed by atoms with E-state index in [4.69, 9.17) is 0 Å². The van der Waals surface area contributed by atoms with Gasteiger partial charge in [0.15, 0.2) is 0 Å². The molecule has 1 aromatic heterocycles. The normalized spacial score (nSPS) is 19.6. The Morgan fingerprint density at radius 3 is 2.90 bits per heavy atom. The Hall–Kier alpha value is -1.62. The van der Waals surface area contributed by atoms with Gasteiger partial charge in [-0.3, -0.25) is 14.9 Å². The summed E-state index contributed by atoms with van der Waals surface area (Å²) in [5.74, 6) is -0.488. The van der Waals surface area contributed by atoms with Crippen molar-refractivity contribution in [1.82, 2.24) is 10.3 Å². The predicted molar refractivity (Wildman–Crippen MR) is 76.8 cm³/mol. The highest BCUT2D eigenvalue weighted by atomic mass is 16.4. The van der Waals surface area contributed by atoms with Crippen molar-refractivity contribution in [2.45, 2.75) is 51.6 Å². The average molecular weight is 278 g/mol. The standard InChI is InChI=1S/C15H22N2O3/c1-9(2)8-13(15(19)20)16-11-4-3-5-12-10(11)6-7-14(18)17-12/h6-7,9,11,13,16H,3-5,8H2,1-2H3,(H,17,18)(H,19,20). The summed E-state index contributed by atoms with van der Waals surface area (Å²) in [6, 6.07) is 2.80. The molecule has 2 unspecified atom stereocenters. The number of aryl methyl sites for hydroxylation is 1. The highest BCUT2D eigenvalue weighted by Crippen LogP contribution is 2.28. The van der Waals surface area contributed by atoms with Crippen LogP contribution >= 0.6 is 0 Å². The maximum atomic E-state index is 11.4. The van der Waals surface area contributed by atoms with Crippen LogP contribution in [0.3, 0.4) is 0 Å². The van der Waals surface area contributed by atoms with Gasteiger partial charge in [-0.25, -0.2) is 0 Å². The molecular formula is C15H22N2O3. The molecule has 0 aromatic carbocycles. The van der Waals surface area contributed by atoms with Crippen LogP contribution in [-0.4, -0.2) is 22.1 Å². The lowest BCUT2D eigenvalue weighted by Crippen LogP contribution is -2.41. The minimum Gasteiger partial charge on any atom is -0.480 e. The topological polar surface area (TPSA) is 82.2 Å². The highest BCUT2D eigenvalue weighted by Gasteiger charge is 2.26. The summed E-state index contributed by atoms with van der Waals surface area (Å²) in [5.41, 5.74) is 1.88. The maximum Gasteiger partial charge on any atom is 0.320 e. The van der Waals surface area contributed by atoms with Crippen LogP contribution in [0.2, 0.25) is 0 Å². The third-order valence-corrected chi connectivity index (χ3v) is 3.74. The molecule has 2 atom stereocenters. The third kappa shape index (κ3) is 3.48. The second-order valence-electron chi connectivity index (χ2n) is 5.89. The second-order valence-corrected chi connectivity index (χ2v) is 5.89. The van der Waals surface area contributed by atoms with Crippen molar-refractivity contribution in [3.8, 4) is 0 Å². The van der Waals surface area contributed by atoms with Gasteiger partial charge in [0, 0.05) is 17.8 Å². The van der Waals surface area contributed by atoms with E-state index in [1.165, 1.54) is 6.07 Å². The summed E-state index contributed by atoms with van der Waals surface area (Å²) >= 11 is 0. The van der Waals surface area contributed by atoms with Crippen LogP contribution < -0.4 is 10.9 Å². The SMILES string of the molecule is CC(C)CC(NC1CCCc2[nH]c(=O)ccc21)C(=O)O. The van der Waals surface area contributed by atoms with Gasteiger partial charge in [-0.05, 0) is 37.2 Å². The van der Waals surface area contributed by atoms with Crippen LogP contribution in [-0.2, 0) is 11.2 Å². The van der Waals surface area contributed by atoms with Gasteiger partial charge >= 0.3 is 5.97 Å². The van der Waals surface area contributed by atoms with E-state index in [2.05, 4.69) is 10.3 Å². The largest absolute Gasteiger partial charge is 0.480 e. The fraction of sp³-hybridized carbons (Fsp3) is 0.600. The number of aromatic nitrogens is 1. The molecule has 1 aliphatic carbocycles. The van der Waals surface area contributed by atoms with Gasteiger partial charge in [0.25, 0.3) is 0 Å². The molecule has 20 heavy (non-hydrogen) atoms. The van der Waals surface area contributed by atoms with Gasteiger partial charge in [0.1, 0.15) is 6.04 Å². The number of rotatable bonds is 5. The number of hydrogen-bond donors (Lipinski definition) is 3. The number of fused-ring (bicyclic) bond motifs is 1. The summed E-state index contributed by atoms with van der Waals surface area (Å²) in [4.78, 5) is 25.6. The van der Waals surface area contributed by atoms with Gasteiger partial charge in [-0.1, -0.05) is 19.9 Å². The van der Waals surface area contributed by atoms with Gasteiger partial charge in [0.2, 0.25) is 5.56 Å². The first-order valence-electron chi connectivity index (χ1n) is 7.18. The van der Waals surface area contributed by atoms with Crippen LogP contribution in [0.4, 0.5) is 0 Å². The van der Waals surface area contributed by atoms with Gasteiger partial charge in [0.05, 0.1) is 0 Å². The number of carbonyl (C=O) groups is 1. The van der Waals surface area contributed by atoms with Gasteiger partial charge in [-0.2, -0.15) is 0 Å². The number of hydrogen-bond acceptors (Lipinski definition) is 3. The second kappa shape index (κ2) is 6.22. The first-order chi connectivity index (χ1) is 9.47. The van der Waals surface area contributed by atoms with E-state index < -0.39 is 12.0 Å². The zero-order valence-electron chi connectivity index (χ0n) is 12.0. The lowest BCUT2D eigenvalue weighted by Gasteiger charge is -2.29. The summed E-state index contributed by atoms with van der Waals surface area (Å²) in [6.07, 6.45) is 3.32. The van der Waals surface area contributed by atoms with Crippen LogP contribution in [0.5, 0.6) is 0 Å². The van der Waals surface area contributed by atoms with Crippen molar-refractivity contribution in [1.29, 1.82) is 0 Å². The molecular weight excluding hydrogens is 256 g/mol. The predicted octanol–water partition coefficient (Wildman–Crippen LogP) is 1.84. The monoisotopic (exact) mass is 278 g/mol. The Bertz CT molecular complexity index is 536. The molecule has 1 aliphatic rings. The fourth-order valence-corrected chi connectivity index (χ4v) is 2.83. The van der Waals surface area contributed by atoms with Gasteiger partial charge in [-0.15, -0.1) is 0 Å². The van der Waals surface area contributed by atoms with Crippen molar-refractivity contribution in [3.63, 3.8) is 0 Å². The van der Waals surface area contributed by atoms with E-state index in [9.17, 15) is 14.7 Å².